The number of carbonyl (C=O) groups is 2. The average molecular weight is 913 g/mol. The van der Waals surface area contributed by atoms with Crippen molar-refractivity contribution in [2.45, 2.75) is 111 Å². The maximum atomic E-state index is 14.8. The van der Waals surface area contributed by atoms with Gasteiger partial charge in [0.25, 0.3) is 8.32 Å². The Bertz CT molecular complexity index is 2560. The molecule has 65 heavy (non-hydrogen) atoms. The van der Waals surface area contributed by atoms with Crippen LogP contribution in [0.15, 0.2) is 108 Å². The summed E-state index contributed by atoms with van der Waals surface area (Å²) >= 11 is 0. The molecule has 0 saturated carbocycles. The number of carboxylic acid groups (broad SMARTS) is 1. The van der Waals surface area contributed by atoms with Crippen LogP contribution in [0.1, 0.15) is 85.6 Å². The quantitative estimate of drug-likeness (QED) is 0.0909. The normalized spacial score (nSPS) is 13.7. The number of nitrogens with zero attached hydrogens (tertiary/aromatic N) is 3. The predicted molar refractivity (Wildman–Crippen MR) is 248 cm³/mol. The third-order valence-corrected chi connectivity index (χ3v) is 16.3. The van der Waals surface area contributed by atoms with E-state index in [0.717, 1.165) is 10.4 Å². The largest absolute Gasteiger partial charge is 0.480 e. The highest BCUT2D eigenvalue weighted by Crippen LogP contribution is 2.44. The zero-order chi connectivity index (χ0) is 47.5. The van der Waals surface area contributed by atoms with Crippen molar-refractivity contribution in [1.29, 1.82) is 0 Å². The highest BCUT2D eigenvalue weighted by Gasteiger charge is 2.51. The number of halogens is 3. The van der Waals surface area contributed by atoms with Gasteiger partial charge in [0, 0.05) is 41.9 Å². The summed E-state index contributed by atoms with van der Waals surface area (Å²) in [6.07, 6.45) is -3.10. The standard InChI is InChI=1S/C50H59F3N4O7Si/c1-32(61-10)43-36(22-17-25-54-43)44-38(28-49(8,9)31-63-65(48(5,6)7,34-18-13-11-14-19-34)35-20-15-12-16-21-35)37-26-33(23-24-41(37)57(44)30-50(51,52)53)40-29-62-42(55-40)27-39(45(58)59)56-46(60)64-47(2,3)4/h11-26,29,32,39H,27-28,30-31H2,1-10H3,(H,56,60)(H,58,59)/t32-,39-/m0/s1. The van der Waals surface area contributed by atoms with E-state index < -0.39 is 56.3 Å². The van der Waals surface area contributed by atoms with Crippen LogP contribution in [0.2, 0.25) is 5.04 Å². The van der Waals surface area contributed by atoms with Gasteiger partial charge in [-0.15, -0.1) is 0 Å². The number of rotatable bonds is 16. The van der Waals surface area contributed by atoms with Gasteiger partial charge in [0.15, 0.2) is 5.89 Å². The lowest BCUT2D eigenvalue weighted by Gasteiger charge is -2.44. The molecule has 0 fully saturated rings. The van der Waals surface area contributed by atoms with Crippen molar-refractivity contribution in [3.8, 4) is 22.5 Å². The summed E-state index contributed by atoms with van der Waals surface area (Å²) in [7, 11) is -1.49. The summed E-state index contributed by atoms with van der Waals surface area (Å²) in [4.78, 5) is 33.8. The number of oxazole rings is 1. The molecule has 0 radical (unpaired) electrons. The highest BCUT2D eigenvalue weighted by atomic mass is 28.4. The Morgan fingerprint density at radius 2 is 1.52 bits per heavy atom. The molecule has 3 aromatic heterocycles. The number of hydrogen-bond acceptors (Lipinski definition) is 8. The lowest BCUT2D eigenvalue weighted by atomic mass is 9.84. The fourth-order valence-corrected chi connectivity index (χ4v) is 13.2. The van der Waals surface area contributed by atoms with Crippen molar-refractivity contribution >= 4 is 41.7 Å². The first-order chi connectivity index (χ1) is 30.4. The van der Waals surface area contributed by atoms with E-state index in [4.69, 9.17) is 18.3 Å². The minimum Gasteiger partial charge on any atom is -0.480 e. The molecule has 15 heteroatoms. The number of carboxylic acids is 1. The number of fused-ring (bicyclic) bond motifs is 1. The van der Waals surface area contributed by atoms with Gasteiger partial charge in [-0.1, -0.05) is 101 Å². The van der Waals surface area contributed by atoms with Crippen LogP contribution in [0.3, 0.4) is 0 Å². The van der Waals surface area contributed by atoms with Crippen molar-refractivity contribution in [3.05, 3.63) is 121 Å². The zero-order valence-electron chi connectivity index (χ0n) is 38.7. The third kappa shape index (κ3) is 11.2. The van der Waals surface area contributed by atoms with E-state index in [2.05, 4.69) is 74.2 Å². The summed E-state index contributed by atoms with van der Waals surface area (Å²) in [5.41, 5.74) is 1.68. The zero-order valence-corrected chi connectivity index (χ0v) is 39.7. The predicted octanol–water partition coefficient (Wildman–Crippen LogP) is 10.3. The first-order valence-electron chi connectivity index (χ1n) is 21.5. The van der Waals surface area contributed by atoms with Crippen molar-refractivity contribution in [2.24, 2.45) is 5.41 Å². The second-order valence-electron chi connectivity index (χ2n) is 19.2. The van der Waals surface area contributed by atoms with Gasteiger partial charge in [-0.25, -0.2) is 14.6 Å². The number of methoxy groups -OCH3 is 1. The molecule has 0 unspecified atom stereocenters. The van der Waals surface area contributed by atoms with Gasteiger partial charge < -0.3 is 33.3 Å². The van der Waals surface area contributed by atoms with E-state index in [1.807, 2.05) is 43.3 Å². The summed E-state index contributed by atoms with van der Waals surface area (Å²) in [6, 6.07) is 27.7. The number of carbonyl (C=O) groups excluding carboxylic acids is 1. The maximum Gasteiger partial charge on any atom is 0.408 e. The van der Waals surface area contributed by atoms with E-state index in [-0.39, 0.29) is 24.0 Å². The molecule has 1 amide bonds. The monoisotopic (exact) mass is 912 g/mol. The molecule has 0 aliphatic carbocycles. The fourth-order valence-electron chi connectivity index (χ4n) is 8.42. The lowest BCUT2D eigenvalue weighted by molar-refractivity contribution is -0.140. The van der Waals surface area contributed by atoms with Crippen LogP contribution in [0.5, 0.6) is 0 Å². The van der Waals surface area contributed by atoms with E-state index >= 15 is 0 Å². The number of pyridine rings is 1. The number of hydrogen-bond donors (Lipinski definition) is 2. The lowest BCUT2D eigenvalue weighted by Crippen LogP contribution is -2.67. The van der Waals surface area contributed by atoms with E-state index in [0.29, 0.717) is 51.1 Å². The third-order valence-electron chi connectivity index (χ3n) is 11.3. The van der Waals surface area contributed by atoms with Gasteiger partial charge in [0.05, 0.1) is 23.9 Å². The summed E-state index contributed by atoms with van der Waals surface area (Å²) in [6.45, 7) is 16.5. The second kappa shape index (κ2) is 19.0. The van der Waals surface area contributed by atoms with Crippen LogP contribution in [0, 0.1) is 5.41 Å². The van der Waals surface area contributed by atoms with E-state index in [9.17, 15) is 27.9 Å². The van der Waals surface area contributed by atoms with Gasteiger partial charge >= 0.3 is 18.2 Å². The number of aliphatic carboxylic acids is 1. The Morgan fingerprint density at radius 3 is 2.08 bits per heavy atom. The Morgan fingerprint density at radius 1 is 0.892 bits per heavy atom. The molecular weight excluding hydrogens is 854 g/mol. The molecule has 2 atom stereocenters. The first-order valence-corrected chi connectivity index (χ1v) is 23.5. The molecule has 11 nitrogen and oxygen atoms in total. The molecular formula is C50H59F3N4O7Si. The molecule has 346 valence electrons. The second-order valence-corrected chi connectivity index (χ2v) is 23.5. The van der Waals surface area contributed by atoms with E-state index in [1.54, 1.807) is 57.3 Å². The molecule has 0 bridgehead atoms. The summed E-state index contributed by atoms with van der Waals surface area (Å²) in [5.74, 6) is -1.30. The topological polar surface area (TPSA) is 138 Å². The van der Waals surface area contributed by atoms with Crippen molar-refractivity contribution < 1.29 is 46.2 Å². The van der Waals surface area contributed by atoms with Crippen LogP contribution in [-0.4, -0.2) is 71.6 Å². The van der Waals surface area contributed by atoms with Gasteiger partial charge in [-0.2, -0.15) is 13.2 Å². The number of ether oxygens (including phenoxy) is 2. The molecule has 6 rings (SSSR count). The van der Waals surface area contributed by atoms with Gasteiger partial charge in [-0.05, 0) is 84.8 Å². The van der Waals surface area contributed by atoms with Gasteiger partial charge in [-0.3, -0.25) is 4.98 Å². The SMILES string of the molecule is CO[C@@H](C)c1ncccc1-c1c(CC(C)(C)CO[Si](c2ccccc2)(c2ccccc2)C(C)(C)C)c2cc(-c3coc(C[C@H](NC(=O)OC(C)(C)C)C(=O)O)n3)ccc2n1CC(F)(F)F. The number of benzene rings is 3. The molecule has 3 heterocycles. The molecule has 0 saturated heterocycles. The number of alkyl halides is 3. The minimum atomic E-state index is -4.59. The molecule has 0 aliphatic heterocycles. The van der Waals surface area contributed by atoms with Crippen molar-refractivity contribution in [2.75, 3.05) is 13.7 Å². The van der Waals surface area contributed by atoms with Crippen LogP contribution in [0.4, 0.5) is 18.0 Å². The van der Waals surface area contributed by atoms with Crippen LogP contribution >= 0.6 is 0 Å². The molecule has 2 N–H and O–H groups in total. The molecule has 0 spiro atoms. The Balaban J connectivity index is 1.50. The summed E-state index contributed by atoms with van der Waals surface area (Å²) < 4.78 is 69.9. The molecule has 0 aliphatic rings. The average Bonchev–Trinajstić information content (AvgIpc) is 3.81. The fraction of sp³-hybridized carbons (Fsp3) is 0.400. The Labute approximate surface area is 379 Å². The number of amides is 1. The molecule has 3 aromatic carbocycles. The number of nitrogens with one attached hydrogen (secondary N) is 1. The highest BCUT2D eigenvalue weighted by molar-refractivity contribution is 6.99. The van der Waals surface area contributed by atoms with Crippen molar-refractivity contribution in [1.82, 2.24) is 19.9 Å². The van der Waals surface area contributed by atoms with Gasteiger partial charge in [0.2, 0.25) is 0 Å². The summed E-state index contributed by atoms with van der Waals surface area (Å²) in [5, 5.41) is 14.7. The minimum absolute atomic E-state index is 0.0225. The smallest absolute Gasteiger partial charge is 0.408 e. The maximum absolute atomic E-state index is 14.8. The van der Waals surface area contributed by atoms with Gasteiger partial charge in [0.1, 0.15) is 30.1 Å². The van der Waals surface area contributed by atoms with Crippen molar-refractivity contribution in [3.63, 3.8) is 0 Å². The van der Waals surface area contributed by atoms with Crippen LogP contribution < -0.4 is 15.7 Å². The molecule has 6 aromatic rings. The van der Waals surface area contributed by atoms with Crippen LogP contribution in [-0.2, 0) is 38.1 Å². The number of aromatic nitrogens is 3. The first kappa shape index (κ1) is 48.7. The number of alkyl carbamates (subject to hydrolysis) is 1. The van der Waals surface area contributed by atoms with Crippen LogP contribution in [0.25, 0.3) is 33.4 Å². The Kier molecular flexibility index (Phi) is 14.2. The Hall–Kier alpha value is -5.77. The van der Waals surface area contributed by atoms with E-state index in [1.165, 1.54) is 17.9 Å².